The Bertz CT molecular complexity index is 217. The summed E-state index contributed by atoms with van der Waals surface area (Å²) >= 11 is 0. The minimum atomic E-state index is -0.657. The van der Waals surface area contributed by atoms with Crippen molar-refractivity contribution in [2.45, 2.75) is 103 Å². The molecule has 3 N–H and O–H groups in total. The van der Waals surface area contributed by atoms with E-state index >= 15 is 0 Å². The molecule has 22 heavy (non-hydrogen) atoms. The van der Waals surface area contributed by atoms with E-state index in [2.05, 4.69) is 6.92 Å². The second-order valence-electron chi connectivity index (χ2n) is 6.04. The van der Waals surface area contributed by atoms with Gasteiger partial charge >= 0.3 is 5.97 Å². The number of unbranched alkanes of at least 4 members (excludes halogenated alkanes) is 10. The smallest absolute Gasteiger partial charge is 0.303 e. The van der Waals surface area contributed by atoms with Crippen molar-refractivity contribution in [1.82, 2.24) is 0 Å². The van der Waals surface area contributed by atoms with E-state index in [4.69, 9.17) is 15.3 Å². The number of carboxylic acid groups (broad SMARTS) is 1. The van der Waals surface area contributed by atoms with Crippen LogP contribution in [-0.4, -0.2) is 34.0 Å². The van der Waals surface area contributed by atoms with Gasteiger partial charge in [-0.1, -0.05) is 71.1 Å². The van der Waals surface area contributed by atoms with Crippen LogP contribution in [0.4, 0.5) is 0 Å². The summed E-state index contributed by atoms with van der Waals surface area (Å²) in [6.45, 7) is 3.98. The molecule has 0 rings (SSSR count). The highest BCUT2D eigenvalue weighted by Crippen LogP contribution is 2.11. The van der Waals surface area contributed by atoms with Crippen molar-refractivity contribution in [3.8, 4) is 0 Å². The highest BCUT2D eigenvalue weighted by Gasteiger charge is 1.96. The first kappa shape index (κ1) is 23.7. The van der Waals surface area contributed by atoms with E-state index in [-0.39, 0.29) is 12.7 Å². The third-order valence-electron chi connectivity index (χ3n) is 3.54. The molecular formula is C18H38O4. The Labute approximate surface area is 136 Å². The van der Waals surface area contributed by atoms with Gasteiger partial charge in [-0.3, -0.25) is 4.79 Å². The average molecular weight is 318 g/mol. The summed E-state index contributed by atoms with van der Waals surface area (Å²) in [5.41, 5.74) is 0. The van der Waals surface area contributed by atoms with E-state index in [9.17, 15) is 4.79 Å². The molecule has 0 aliphatic rings. The zero-order valence-corrected chi connectivity index (χ0v) is 14.7. The molecule has 0 amide bonds. The molecule has 4 nitrogen and oxygen atoms in total. The Hall–Kier alpha value is -0.610. The lowest BCUT2D eigenvalue weighted by Gasteiger charge is -2.01. The van der Waals surface area contributed by atoms with Gasteiger partial charge in [0, 0.05) is 13.0 Å². The number of carboxylic acids is 1. The van der Waals surface area contributed by atoms with Gasteiger partial charge in [-0.2, -0.15) is 0 Å². The topological polar surface area (TPSA) is 77.8 Å². The van der Waals surface area contributed by atoms with E-state index in [1.54, 1.807) is 6.92 Å². The lowest BCUT2D eigenvalue weighted by Crippen LogP contribution is -2.00. The monoisotopic (exact) mass is 318 g/mol. The quantitative estimate of drug-likeness (QED) is 0.411. The molecule has 0 aromatic rings. The maximum Gasteiger partial charge on any atom is 0.303 e. The van der Waals surface area contributed by atoms with Crippen LogP contribution in [0, 0.1) is 0 Å². The molecule has 0 heterocycles. The molecular weight excluding hydrogens is 280 g/mol. The van der Waals surface area contributed by atoms with Crippen molar-refractivity contribution >= 4 is 5.97 Å². The van der Waals surface area contributed by atoms with Gasteiger partial charge in [-0.05, 0) is 19.8 Å². The molecule has 0 aliphatic heterocycles. The van der Waals surface area contributed by atoms with Crippen LogP contribution in [0.5, 0.6) is 0 Å². The number of carbonyl (C=O) groups is 1. The molecule has 0 fully saturated rings. The van der Waals surface area contributed by atoms with E-state index < -0.39 is 5.97 Å². The first-order valence-electron chi connectivity index (χ1n) is 9.05. The fourth-order valence-corrected chi connectivity index (χ4v) is 2.13. The second-order valence-corrected chi connectivity index (χ2v) is 6.04. The predicted octanol–water partition coefficient (Wildman–Crippen LogP) is 4.52. The van der Waals surface area contributed by atoms with E-state index in [0.717, 1.165) is 12.8 Å². The van der Waals surface area contributed by atoms with Gasteiger partial charge in [0.1, 0.15) is 0 Å². The number of aliphatic hydroxyl groups is 2. The summed E-state index contributed by atoms with van der Waals surface area (Å²) < 4.78 is 0. The van der Waals surface area contributed by atoms with Crippen LogP contribution in [0.25, 0.3) is 0 Å². The van der Waals surface area contributed by atoms with Gasteiger partial charge < -0.3 is 15.3 Å². The largest absolute Gasteiger partial charge is 0.481 e. The number of rotatable bonds is 14. The minimum absolute atomic E-state index is 0.0810. The number of aliphatic hydroxyl groups excluding tert-OH is 2. The summed E-state index contributed by atoms with van der Waals surface area (Å²) in [5, 5.41) is 24.9. The van der Waals surface area contributed by atoms with Crippen LogP contribution in [0.3, 0.4) is 0 Å². The molecule has 1 unspecified atom stereocenters. The van der Waals surface area contributed by atoms with E-state index in [1.807, 2.05) is 0 Å². The molecule has 4 heteroatoms. The molecule has 0 saturated carbocycles. The highest BCUT2D eigenvalue weighted by atomic mass is 16.4. The van der Waals surface area contributed by atoms with Gasteiger partial charge in [0.15, 0.2) is 0 Å². The zero-order chi connectivity index (χ0) is 17.1. The van der Waals surface area contributed by atoms with Crippen molar-refractivity contribution < 1.29 is 20.1 Å². The second kappa shape index (κ2) is 20.4. The van der Waals surface area contributed by atoms with E-state index in [0.29, 0.717) is 12.8 Å². The fourth-order valence-electron chi connectivity index (χ4n) is 2.13. The Morgan fingerprint density at radius 1 is 0.864 bits per heavy atom. The molecule has 0 aliphatic carbocycles. The van der Waals surface area contributed by atoms with Crippen LogP contribution in [-0.2, 0) is 4.79 Å². The molecule has 134 valence electrons. The SMILES string of the molecule is CC(O)CCO.CCCCCCCCCCCCCC(=O)O. The Morgan fingerprint density at radius 2 is 1.27 bits per heavy atom. The third-order valence-corrected chi connectivity index (χ3v) is 3.54. The minimum Gasteiger partial charge on any atom is -0.481 e. The van der Waals surface area contributed by atoms with Crippen LogP contribution in [0.2, 0.25) is 0 Å². The lowest BCUT2D eigenvalue weighted by atomic mass is 10.1. The van der Waals surface area contributed by atoms with Crippen LogP contribution >= 0.6 is 0 Å². The Morgan fingerprint density at radius 3 is 1.55 bits per heavy atom. The standard InChI is InChI=1S/C14H28O2.C4H10O2/c1-2-3-4-5-6-7-8-9-10-11-12-13-14(15)16;1-4(6)2-3-5/h2-13H2,1H3,(H,15,16);4-6H,2-3H2,1H3. The molecule has 0 bridgehead atoms. The molecule has 0 saturated heterocycles. The number of hydrogen-bond acceptors (Lipinski definition) is 3. The van der Waals surface area contributed by atoms with Crippen molar-refractivity contribution in [2.24, 2.45) is 0 Å². The first-order chi connectivity index (χ1) is 10.5. The fraction of sp³-hybridized carbons (Fsp3) is 0.944. The normalized spacial score (nSPS) is 11.6. The summed E-state index contributed by atoms with van der Waals surface area (Å²) in [6, 6.07) is 0. The highest BCUT2D eigenvalue weighted by molar-refractivity contribution is 5.66. The molecule has 1 atom stereocenters. The van der Waals surface area contributed by atoms with Crippen LogP contribution < -0.4 is 0 Å². The van der Waals surface area contributed by atoms with Gasteiger partial charge in [-0.25, -0.2) is 0 Å². The zero-order valence-electron chi connectivity index (χ0n) is 14.7. The predicted molar refractivity (Wildman–Crippen MR) is 92.1 cm³/mol. The van der Waals surface area contributed by atoms with Gasteiger partial charge in [0.2, 0.25) is 0 Å². The van der Waals surface area contributed by atoms with Crippen molar-refractivity contribution in [3.63, 3.8) is 0 Å². The summed E-state index contributed by atoms with van der Waals surface area (Å²) in [6.07, 6.45) is 14.5. The van der Waals surface area contributed by atoms with Crippen LogP contribution in [0.15, 0.2) is 0 Å². The van der Waals surface area contributed by atoms with Gasteiger partial charge in [-0.15, -0.1) is 0 Å². The molecule has 0 aromatic carbocycles. The molecule has 0 aromatic heterocycles. The maximum absolute atomic E-state index is 10.3. The Balaban J connectivity index is 0. The lowest BCUT2D eigenvalue weighted by molar-refractivity contribution is -0.137. The molecule has 0 spiro atoms. The maximum atomic E-state index is 10.3. The summed E-state index contributed by atoms with van der Waals surface area (Å²) in [5.74, 6) is -0.657. The summed E-state index contributed by atoms with van der Waals surface area (Å²) in [7, 11) is 0. The van der Waals surface area contributed by atoms with Crippen molar-refractivity contribution in [3.05, 3.63) is 0 Å². The Kier molecular flexibility index (Phi) is 21.9. The molecule has 0 radical (unpaired) electrons. The number of aliphatic carboxylic acids is 1. The summed E-state index contributed by atoms with van der Waals surface area (Å²) in [4.78, 5) is 10.3. The average Bonchev–Trinajstić information content (AvgIpc) is 2.45. The van der Waals surface area contributed by atoms with Crippen molar-refractivity contribution in [1.29, 1.82) is 0 Å². The van der Waals surface area contributed by atoms with Crippen LogP contribution in [0.1, 0.15) is 97.3 Å². The van der Waals surface area contributed by atoms with E-state index in [1.165, 1.54) is 57.8 Å². The number of hydrogen-bond donors (Lipinski definition) is 3. The third kappa shape index (κ3) is 27.7. The van der Waals surface area contributed by atoms with Gasteiger partial charge in [0.25, 0.3) is 0 Å². The van der Waals surface area contributed by atoms with Crippen molar-refractivity contribution in [2.75, 3.05) is 6.61 Å². The first-order valence-corrected chi connectivity index (χ1v) is 9.05. The van der Waals surface area contributed by atoms with Gasteiger partial charge in [0.05, 0.1) is 6.10 Å².